The number of carbonyl (C=O) groups is 4. The number of benzene rings is 1. The molecule has 10 aliphatic rings. The van der Waals surface area contributed by atoms with Crippen molar-refractivity contribution in [1.29, 1.82) is 0 Å². The van der Waals surface area contributed by atoms with E-state index in [1.807, 2.05) is 4.90 Å². The number of rotatable bonds is 8. The molecule has 18 atom stereocenters. The molecule has 24 heteroatoms. The summed E-state index contributed by atoms with van der Waals surface area (Å²) >= 11 is 9.53. The van der Waals surface area contributed by atoms with E-state index >= 15 is 0 Å². The van der Waals surface area contributed by atoms with Crippen molar-refractivity contribution in [1.82, 2.24) is 20.9 Å². The molecule has 2 saturated heterocycles. The predicted molar refractivity (Wildman–Crippen MR) is 345 cm³/mol. The second kappa shape index (κ2) is 29.0. The molecule has 1 amide bonds. The number of nitrogens with one attached hydrogen (secondary N) is 3. The number of halogens is 2. The number of hydrogen-bond acceptors (Lipinski definition) is 20. The maximum Gasteiger partial charge on any atom is 0.514 e. The van der Waals surface area contributed by atoms with Gasteiger partial charge in [0.15, 0.2) is 0 Å². The number of nitrogens with zero attached hydrogens (tertiary/aromatic N) is 2. The minimum Gasteiger partial charge on any atom is -0.462 e. The average Bonchev–Trinajstić information content (AvgIpc) is 1.60. The number of nitro groups is 1. The SMILES string of the molecule is C1CNCCN1.CC(=O)O[C@H]1C[C@]2(O)[C@@H]3CC[C@@H]4C[C@@H](OC(=O)N5CCNCC5)CC[C@]4(C)[C@H]3CC[C@]2(C)[C@H]1c1ccc(=O)oc1.CC(=O)O[C@H]1C[C@]2(O)[C@@H]3CC[C@@H]4C[C@@H](OC(=O)Oc5ccc([N+](=O)[O-])cc5)CC[C@]4(C)[C@H]3CC[C@]2(C)[C@H]1c1ccc(=O)oc1.ClCCl. The number of alkyl halides is 2. The van der Waals surface area contributed by atoms with Crippen LogP contribution in [0.1, 0.15) is 167 Å². The van der Waals surface area contributed by atoms with Crippen molar-refractivity contribution >= 4 is 53.1 Å². The summed E-state index contributed by atoms with van der Waals surface area (Å²) in [6.45, 7) is 19.3. The number of hydrogen-bond donors (Lipinski definition) is 5. The Morgan fingerprint density at radius 1 is 0.591 bits per heavy atom. The Kier molecular flexibility index (Phi) is 21.9. The summed E-state index contributed by atoms with van der Waals surface area (Å²) in [6.07, 6.45) is 13.2. The summed E-state index contributed by atoms with van der Waals surface area (Å²) in [5, 5.41) is 46.2. The lowest BCUT2D eigenvalue weighted by Gasteiger charge is -2.63. The maximum absolute atomic E-state index is 12.8. The summed E-state index contributed by atoms with van der Waals surface area (Å²) < 4.78 is 39.2. The van der Waals surface area contributed by atoms with Gasteiger partial charge in [0.1, 0.15) is 30.2 Å². The minimum absolute atomic E-state index is 0.00542. The van der Waals surface area contributed by atoms with E-state index in [4.69, 9.17) is 55.7 Å². The van der Waals surface area contributed by atoms with E-state index in [9.17, 15) is 49.1 Å². The highest BCUT2D eigenvalue weighted by Crippen LogP contribution is 2.73. The topological polar surface area (TPSA) is 298 Å². The van der Waals surface area contributed by atoms with E-state index in [0.717, 1.165) is 127 Å². The largest absolute Gasteiger partial charge is 0.514 e. The lowest BCUT2D eigenvalue weighted by Crippen LogP contribution is -2.62. The van der Waals surface area contributed by atoms with Gasteiger partial charge >= 0.3 is 35.4 Å². The van der Waals surface area contributed by atoms with Gasteiger partial charge in [0.2, 0.25) is 0 Å². The molecule has 22 nitrogen and oxygen atoms in total. The van der Waals surface area contributed by atoms with Gasteiger partial charge in [-0.25, -0.2) is 19.2 Å². The monoisotopic (exact) mass is 1340 g/mol. The van der Waals surface area contributed by atoms with E-state index in [0.29, 0.717) is 56.5 Å². The smallest absolute Gasteiger partial charge is 0.462 e. The van der Waals surface area contributed by atoms with Crippen molar-refractivity contribution in [3.8, 4) is 5.75 Å². The molecule has 0 radical (unpaired) electrons. The number of nitro benzene ring substituents is 1. The average molecular weight is 1340 g/mol. The Balaban J connectivity index is 0.000000180. The van der Waals surface area contributed by atoms with Crippen molar-refractivity contribution in [2.45, 2.75) is 192 Å². The highest BCUT2D eigenvalue weighted by atomic mass is 35.5. The van der Waals surface area contributed by atoms with Crippen molar-refractivity contribution in [2.24, 2.45) is 57.2 Å². The van der Waals surface area contributed by atoms with Crippen LogP contribution in [0.2, 0.25) is 0 Å². The summed E-state index contributed by atoms with van der Waals surface area (Å²) in [5.74, 6) is 0.290. The molecule has 2 aromatic heterocycles. The zero-order valence-electron chi connectivity index (χ0n) is 54.5. The molecule has 4 heterocycles. The normalized spacial score (nSPS) is 37.9. The van der Waals surface area contributed by atoms with Gasteiger partial charge < -0.3 is 63.6 Å². The number of non-ortho nitro benzene ring substituents is 1. The number of fused-ring (bicyclic) bond motifs is 10. The molecule has 3 aromatic rings. The van der Waals surface area contributed by atoms with Crippen molar-refractivity contribution in [3.05, 3.63) is 103 Å². The third-order valence-corrected chi connectivity index (χ3v) is 24.5. The van der Waals surface area contributed by atoms with Gasteiger partial charge in [-0.1, -0.05) is 27.7 Å². The van der Waals surface area contributed by atoms with Crippen LogP contribution in [0.5, 0.6) is 5.75 Å². The van der Waals surface area contributed by atoms with Gasteiger partial charge in [0.05, 0.1) is 34.0 Å². The number of aliphatic hydroxyl groups is 2. The fraction of sp³-hybridized carbons (Fsp3) is 0.710. The Labute approximate surface area is 553 Å². The van der Waals surface area contributed by atoms with Crippen LogP contribution >= 0.6 is 23.2 Å². The second-order valence-electron chi connectivity index (χ2n) is 28.9. The van der Waals surface area contributed by atoms with Crippen LogP contribution in [0.25, 0.3) is 0 Å². The second-order valence-corrected chi connectivity index (χ2v) is 29.7. The van der Waals surface area contributed by atoms with Crippen molar-refractivity contribution in [2.75, 3.05) is 57.7 Å². The summed E-state index contributed by atoms with van der Waals surface area (Å²) in [4.78, 5) is 85.3. The van der Waals surface area contributed by atoms with Gasteiger partial charge in [0.25, 0.3) is 5.69 Å². The van der Waals surface area contributed by atoms with Crippen LogP contribution in [0.4, 0.5) is 15.3 Å². The van der Waals surface area contributed by atoms with Crippen LogP contribution in [0.3, 0.4) is 0 Å². The first-order valence-electron chi connectivity index (χ1n) is 33.6. The van der Waals surface area contributed by atoms with Gasteiger partial charge in [-0.3, -0.25) is 19.7 Å². The van der Waals surface area contributed by atoms with Gasteiger partial charge in [0, 0.05) is 126 Å². The standard InChI is InChI=1S/C33H39NO10.C31H44N2O7.C4H10N2.CH2Cl2/c1-19(35)42-27-17-33(38)26-10-5-21-16-24(44-30(37)43-23-8-6-22(7-9-23)34(39)40)12-14-31(21,2)25(26)13-15-32(33,3)29(27)20-4-11-28(36)41-18-20;1-19(34)39-25-17-31(37)24-6-5-21-16-22(40-28(36)33-14-12-32-13-15-33)8-10-29(21,2)23(24)9-11-30(31,3)27(25)20-4-7-26(35)38-18-20;1-2-6-4-3-5-1;2-1-3/h4,6-9,11,18,21,24-27,29,38H,5,10,12-17H2,1-3H3;4,7,18,21-25,27,32,37H,5-6,8-17H2,1-3H3;5-6H,1-4H2;1H2/t21-,24+,25+,26-,27+,29+,31+,32-,33+;21-,22+,23+,24-,25+,27+,29+,30-,31+;;/m11../s1. The molecule has 0 unspecified atom stereocenters. The molecule has 8 saturated carbocycles. The predicted octanol–water partition coefficient (Wildman–Crippen LogP) is 10.3. The molecular formula is C69H95Cl2N5O17. The Morgan fingerprint density at radius 3 is 1.42 bits per heavy atom. The van der Waals surface area contributed by atoms with E-state index in [2.05, 4.69) is 43.6 Å². The molecule has 5 N–H and O–H groups in total. The Bertz CT molecular complexity index is 3200. The molecule has 2 aliphatic heterocycles. The molecule has 512 valence electrons. The molecule has 93 heavy (non-hydrogen) atoms. The highest BCUT2D eigenvalue weighted by Gasteiger charge is 2.72. The number of carbonyl (C=O) groups excluding carboxylic acids is 4. The summed E-state index contributed by atoms with van der Waals surface area (Å²) in [7, 11) is 0. The van der Waals surface area contributed by atoms with Gasteiger partial charge in [-0.05, 0) is 172 Å². The van der Waals surface area contributed by atoms with Crippen LogP contribution in [-0.4, -0.2) is 138 Å². The number of ether oxygens (including phenoxy) is 5. The molecule has 0 spiro atoms. The van der Waals surface area contributed by atoms with Crippen molar-refractivity contribution in [3.63, 3.8) is 0 Å². The summed E-state index contributed by atoms with van der Waals surface area (Å²) in [6, 6.07) is 11.6. The van der Waals surface area contributed by atoms with Crippen molar-refractivity contribution < 1.29 is 66.8 Å². The number of piperazine rings is 2. The fourth-order valence-electron chi connectivity index (χ4n) is 20.1. The van der Waals surface area contributed by atoms with Gasteiger partial charge in [-0.2, -0.15) is 0 Å². The van der Waals surface area contributed by atoms with Crippen LogP contribution in [-0.2, 0) is 28.5 Å². The fourth-order valence-corrected chi connectivity index (χ4v) is 20.1. The van der Waals surface area contributed by atoms with E-state index < -0.39 is 62.5 Å². The van der Waals surface area contributed by atoms with E-state index in [1.165, 1.54) is 62.8 Å². The molecule has 13 rings (SSSR count). The zero-order chi connectivity index (χ0) is 66.7. The number of esters is 2. The zero-order valence-corrected chi connectivity index (χ0v) is 56.1. The highest BCUT2D eigenvalue weighted by molar-refractivity contribution is 6.40. The number of amides is 1. The molecular weight excluding hydrogens is 1240 g/mol. The van der Waals surface area contributed by atoms with Crippen LogP contribution in [0, 0.1) is 67.3 Å². The van der Waals surface area contributed by atoms with Crippen LogP contribution in [0.15, 0.2) is 79.5 Å². The quantitative estimate of drug-likeness (QED) is 0.0350. The third kappa shape index (κ3) is 14.2. The van der Waals surface area contributed by atoms with Gasteiger partial charge in [-0.15, -0.1) is 23.2 Å². The Morgan fingerprint density at radius 2 is 1.02 bits per heavy atom. The lowest BCUT2D eigenvalue weighted by atomic mass is 9.43. The maximum atomic E-state index is 12.8. The Hall–Kier alpha value is -5.62. The molecule has 1 aromatic carbocycles. The molecule has 0 bridgehead atoms. The molecule has 10 fully saturated rings. The first-order valence-corrected chi connectivity index (χ1v) is 34.7. The first-order chi connectivity index (χ1) is 44.3. The summed E-state index contributed by atoms with van der Waals surface area (Å²) in [5.41, 5.74) is -2.59. The molecule has 8 aliphatic carbocycles. The minimum atomic E-state index is -1.08. The van der Waals surface area contributed by atoms with Crippen LogP contribution < -0.4 is 31.9 Å². The third-order valence-electron chi connectivity index (χ3n) is 24.5. The first kappa shape index (κ1) is 70.2. The lowest BCUT2D eigenvalue weighted by molar-refractivity contribution is -0.384. The van der Waals surface area contributed by atoms with E-state index in [-0.39, 0.29) is 81.5 Å². The van der Waals surface area contributed by atoms with E-state index in [1.54, 1.807) is 12.1 Å².